The zero-order valence-electron chi connectivity index (χ0n) is 13.7. The molecule has 0 fully saturated rings. The minimum absolute atomic E-state index is 0.0520. The minimum atomic E-state index is -0.763. The Bertz CT molecular complexity index is 1140. The summed E-state index contributed by atoms with van der Waals surface area (Å²) in [5.74, 6) is 0.209. The maximum Gasteiger partial charge on any atom is 0.318 e. The average molecular weight is 416 g/mol. The smallest absolute Gasteiger partial charge is 0.318 e. The van der Waals surface area contributed by atoms with E-state index in [1.807, 2.05) is 6.07 Å². The Hall–Kier alpha value is -2.87. The Labute approximate surface area is 155 Å². The summed E-state index contributed by atoms with van der Waals surface area (Å²) in [5.41, 5.74) is 0.0625. The van der Waals surface area contributed by atoms with Crippen LogP contribution in [0.4, 0.5) is 5.69 Å². The molecule has 1 aromatic heterocycles. The fraction of sp³-hybridized carbons (Fsp3) is 0.167. The number of aromatic amines is 1. The third kappa shape index (κ3) is 2.53. The largest absolute Gasteiger partial charge is 0.487 e. The first-order chi connectivity index (χ1) is 12.5. The number of amides is 1. The number of halogens is 1. The van der Waals surface area contributed by atoms with E-state index in [4.69, 9.17) is 4.74 Å². The molecular weight excluding hydrogens is 402 g/mol. The molecule has 4 rings (SSSR count). The van der Waals surface area contributed by atoms with Crippen LogP contribution in [0.25, 0.3) is 11.0 Å². The van der Waals surface area contributed by atoms with E-state index in [1.165, 1.54) is 16.4 Å². The third-order valence-corrected chi connectivity index (χ3v) is 4.76. The van der Waals surface area contributed by atoms with E-state index in [0.717, 1.165) is 0 Å². The molecule has 0 bridgehead atoms. The molecule has 26 heavy (non-hydrogen) atoms. The molecule has 2 heterocycles. The van der Waals surface area contributed by atoms with Gasteiger partial charge in [-0.15, -0.1) is 0 Å². The lowest BCUT2D eigenvalue weighted by Crippen LogP contribution is -2.49. The Morgan fingerprint density at radius 1 is 1.27 bits per heavy atom. The van der Waals surface area contributed by atoms with Crippen molar-refractivity contribution in [3.8, 4) is 5.75 Å². The second-order valence-electron chi connectivity index (χ2n) is 5.95. The van der Waals surface area contributed by atoms with Gasteiger partial charge >= 0.3 is 11.1 Å². The highest BCUT2D eigenvalue weighted by atomic mass is 79.9. The van der Waals surface area contributed by atoms with Crippen LogP contribution >= 0.6 is 15.9 Å². The number of carbonyl (C=O) groups excluding carboxylic acids is 1. The van der Waals surface area contributed by atoms with Crippen LogP contribution in [-0.4, -0.2) is 22.1 Å². The normalized spacial score (nSPS) is 15.5. The van der Waals surface area contributed by atoms with Gasteiger partial charge in [0, 0.05) is 17.1 Å². The summed E-state index contributed by atoms with van der Waals surface area (Å²) in [5, 5.41) is 0. The molecule has 1 N–H and O–H groups in total. The Morgan fingerprint density at radius 2 is 2.00 bits per heavy atom. The number of nitrogens with one attached hydrogen (secondary N) is 1. The van der Waals surface area contributed by atoms with Gasteiger partial charge in [0.1, 0.15) is 17.9 Å². The SMILES string of the molecule is CC(=O)N(c1ccccc1)C1COc2cc(Br)cc3[nH]c(=O)c(=O)n1c23. The maximum atomic E-state index is 12.7. The zero-order chi connectivity index (χ0) is 18.4. The molecule has 0 radical (unpaired) electrons. The first kappa shape index (κ1) is 16.6. The van der Waals surface area contributed by atoms with Gasteiger partial charge < -0.3 is 9.72 Å². The predicted molar refractivity (Wildman–Crippen MR) is 101 cm³/mol. The first-order valence-electron chi connectivity index (χ1n) is 7.93. The molecule has 7 nitrogen and oxygen atoms in total. The number of benzene rings is 2. The van der Waals surface area contributed by atoms with E-state index in [0.29, 0.717) is 26.9 Å². The monoisotopic (exact) mass is 415 g/mol. The molecule has 1 atom stereocenters. The van der Waals surface area contributed by atoms with Crippen molar-refractivity contribution in [1.29, 1.82) is 0 Å². The van der Waals surface area contributed by atoms with Crippen LogP contribution in [0.15, 0.2) is 56.5 Å². The zero-order valence-corrected chi connectivity index (χ0v) is 15.3. The lowest BCUT2D eigenvalue weighted by Gasteiger charge is -2.35. The molecule has 1 unspecified atom stereocenters. The Morgan fingerprint density at radius 3 is 2.69 bits per heavy atom. The number of H-pyrrole nitrogens is 1. The highest BCUT2D eigenvalue weighted by Gasteiger charge is 2.32. The summed E-state index contributed by atoms with van der Waals surface area (Å²) in [6.07, 6.45) is -0.763. The van der Waals surface area contributed by atoms with Crippen molar-refractivity contribution in [3.05, 3.63) is 67.6 Å². The van der Waals surface area contributed by atoms with Crippen LogP contribution in [0.1, 0.15) is 13.1 Å². The number of ether oxygens (including phenoxy) is 1. The van der Waals surface area contributed by atoms with Gasteiger partial charge in [-0.3, -0.25) is 23.9 Å². The van der Waals surface area contributed by atoms with Gasteiger partial charge in [-0.1, -0.05) is 34.1 Å². The third-order valence-electron chi connectivity index (χ3n) is 4.30. The minimum Gasteiger partial charge on any atom is -0.487 e. The number of nitrogens with zero attached hydrogens (tertiary/aromatic N) is 2. The van der Waals surface area contributed by atoms with Crippen molar-refractivity contribution in [2.75, 3.05) is 11.5 Å². The van der Waals surface area contributed by atoms with Crippen molar-refractivity contribution in [2.45, 2.75) is 13.1 Å². The highest BCUT2D eigenvalue weighted by molar-refractivity contribution is 9.10. The van der Waals surface area contributed by atoms with Crippen LogP contribution < -0.4 is 20.8 Å². The molecule has 0 saturated heterocycles. The van der Waals surface area contributed by atoms with Crippen LogP contribution in [0, 0.1) is 0 Å². The molecule has 8 heteroatoms. The van der Waals surface area contributed by atoms with E-state index < -0.39 is 17.3 Å². The van der Waals surface area contributed by atoms with Crippen LogP contribution in [0.3, 0.4) is 0 Å². The second kappa shape index (κ2) is 6.14. The summed E-state index contributed by atoms with van der Waals surface area (Å²) in [4.78, 5) is 41.3. The molecule has 0 spiro atoms. The van der Waals surface area contributed by atoms with Gasteiger partial charge in [-0.25, -0.2) is 0 Å². The Balaban J connectivity index is 2.03. The van der Waals surface area contributed by atoms with Crippen LogP contribution in [0.5, 0.6) is 5.75 Å². The van der Waals surface area contributed by atoms with Gasteiger partial charge in [0.15, 0.2) is 6.17 Å². The van der Waals surface area contributed by atoms with Crippen molar-refractivity contribution in [3.63, 3.8) is 0 Å². The summed E-state index contributed by atoms with van der Waals surface area (Å²) in [6.45, 7) is 1.47. The van der Waals surface area contributed by atoms with Gasteiger partial charge in [-0.2, -0.15) is 0 Å². The molecule has 0 aliphatic carbocycles. The molecule has 2 aromatic carbocycles. The van der Waals surface area contributed by atoms with Gasteiger partial charge in [0.05, 0.1) is 5.52 Å². The van der Waals surface area contributed by atoms with Crippen LogP contribution in [-0.2, 0) is 4.79 Å². The highest BCUT2D eigenvalue weighted by Crippen LogP contribution is 2.35. The van der Waals surface area contributed by atoms with Gasteiger partial charge in [0.2, 0.25) is 5.91 Å². The second-order valence-corrected chi connectivity index (χ2v) is 6.86. The summed E-state index contributed by atoms with van der Waals surface area (Å²) in [6, 6.07) is 12.4. The molecule has 3 aromatic rings. The summed E-state index contributed by atoms with van der Waals surface area (Å²) >= 11 is 3.37. The van der Waals surface area contributed by atoms with Crippen molar-refractivity contribution < 1.29 is 9.53 Å². The number of anilines is 1. The lowest BCUT2D eigenvalue weighted by atomic mass is 10.2. The number of para-hydroxylation sites is 1. The number of hydrogen-bond donors (Lipinski definition) is 1. The average Bonchev–Trinajstić information content (AvgIpc) is 2.61. The van der Waals surface area contributed by atoms with E-state index >= 15 is 0 Å². The predicted octanol–water partition coefficient (Wildman–Crippen LogP) is 2.40. The Kier molecular flexibility index (Phi) is 3.91. The molecule has 1 amide bonds. The fourth-order valence-corrected chi connectivity index (χ4v) is 3.72. The number of hydrogen-bond acceptors (Lipinski definition) is 4. The fourth-order valence-electron chi connectivity index (χ4n) is 3.28. The van der Waals surface area contributed by atoms with Crippen molar-refractivity contribution in [2.24, 2.45) is 0 Å². The molecule has 132 valence electrons. The van der Waals surface area contributed by atoms with Crippen molar-refractivity contribution >= 4 is 38.6 Å². The van der Waals surface area contributed by atoms with Gasteiger partial charge in [-0.05, 0) is 24.3 Å². The number of carbonyl (C=O) groups is 1. The first-order valence-corrected chi connectivity index (χ1v) is 8.72. The van der Waals surface area contributed by atoms with Gasteiger partial charge in [0.25, 0.3) is 0 Å². The summed E-state index contributed by atoms with van der Waals surface area (Å²) < 4.78 is 7.89. The maximum absolute atomic E-state index is 12.7. The van der Waals surface area contributed by atoms with Crippen molar-refractivity contribution in [1.82, 2.24) is 9.55 Å². The van der Waals surface area contributed by atoms with E-state index in [9.17, 15) is 14.4 Å². The van der Waals surface area contributed by atoms with E-state index in [1.54, 1.807) is 36.4 Å². The quantitative estimate of drug-likeness (QED) is 0.651. The molecular formula is C18H14BrN3O4. The topological polar surface area (TPSA) is 84.4 Å². The molecule has 1 aliphatic heterocycles. The lowest BCUT2D eigenvalue weighted by molar-refractivity contribution is -0.117. The van der Waals surface area contributed by atoms with Crippen LogP contribution in [0.2, 0.25) is 0 Å². The standard InChI is InChI=1S/C18H14BrN3O4/c1-10(23)21(12-5-3-2-4-6-12)15-9-26-14-8-11(19)7-13-16(14)22(15)18(25)17(24)20-13/h2-8,15H,9H2,1H3,(H,20,24). The van der Waals surface area contributed by atoms with E-state index in [2.05, 4.69) is 20.9 Å². The number of rotatable bonds is 2. The molecule has 0 saturated carbocycles. The summed E-state index contributed by atoms with van der Waals surface area (Å²) in [7, 11) is 0. The number of aromatic nitrogens is 2. The van der Waals surface area contributed by atoms with E-state index in [-0.39, 0.29) is 12.5 Å². The molecule has 1 aliphatic rings.